The summed E-state index contributed by atoms with van der Waals surface area (Å²) in [6.45, 7) is 3.78. The molecule has 0 aliphatic rings. The van der Waals surface area contributed by atoms with E-state index >= 15 is 0 Å². The summed E-state index contributed by atoms with van der Waals surface area (Å²) in [5.41, 5.74) is 0.696. The van der Waals surface area contributed by atoms with E-state index in [0.29, 0.717) is 5.56 Å². The molecule has 4 heteroatoms. The molecule has 0 saturated heterocycles. The number of aromatic nitrogens is 1. The number of carbonyl (C=O) groups excluding carboxylic acids is 1. The van der Waals surface area contributed by atoms with Crippen LogP contribution in [-0.4, -0.2) is 10.9 Å². The molecule has 0 atom stereocenters. The van der Waals surface area contributed by atoms with Gasteiger partial charge in [-0.1, -0.05) is 6.07 Å². The zero-order valence-electron chi connectivity index (χ0n) is 10.9. The van der Waals surface area contributed by atoms with Crippen molar-refractivity contribution in [2.24, 2.45) is 0 Å². The van der Waals surface area contributed by atoms with Gasteiger partial charge in [-0.2, -0.15) is 0 Å². The second-order valence-corrected chi connectivity index (χ2v) is 4.83. The van der Waals surface area contributed by atoms with E-state index in [-0.39, 0.29) is 5.91 Å². The van der Waals surface area contributed by atoms with Gasteiger partial charge in [0.1, 0.15) is 5.82 Å². The number of pyridine rings is 1. The van der Waals surface area contributed by atoms with Crippen molar-refractivity contribution >= 4 is 5.91 Å². The van der Waals surface area contributed by atoms with Crippen molar-refractivity contribution in [2.75, 3.05) is 0 Å². The summed E-state index contributed by atoms with van der Waals surface area (Å²) in [7, 11) is 0. The predicted octanol–water partition coefficient (Wildman–Crippen LogP) is 2.89. The SMILES string of the molecule is CC(C)(NC(=O)c1cccc(F)c1)c1ccncc1. The minimum absolute atomic E-state index is 0.304. The van der Waals surface area contributed by atoms with E-state index < -0.39 is 11.4 Å². The number of nitrogens with zero attached hydrogens (tertiary/aromatic N) is 1. The van der Waals surface area contributed by atoms with Crippen molar-refractivity contribution in [1.82, 2.24) is 10.3 Å². The van der Waals surface area contributed by atoms with Crippen LogP contribution in [0.3, 0.4) is 0 Å². The second kappa shape index (κ2) is 5.18. The van der Waals surface area contributed by atoms with Gasteiger partial charge in [-0.25, -0.2) is 4.39 Å². The van der Waals surface area contributed by atoms with Gasteiger partial charge in [0.15, 0.2) is 0 Å². The van der Waals surface area contributed by atoms with Crippen molar-refractivity contribution in [3.05, 3.63) is 65.7 Å². The van der Waals surface area contributed by atoms with E-state index in [2.05, 4.69) is 10.3 Å². The highest BCUT2D eigenvalue weighted by atomic mass is 19.1. The van der Waals surface area contributed by atoms with Crippen LogP contribution in [0, 0.1) is 5.82 Å². The standard InChI is InChI=1S/C15H15FN2O/c1-15(2,12-6-8-17-9-7-12)18-14(19)11-4-3-5-13(16)10-11/h3-10H,1-2H3,(H,18,19). The summed E-state index contributed by atoms with van der Waals surface area (Å²) in [5.74, 6) is -0.726. The van der Waals surface area contributed by atoms with E-state index in [1.54, 1.807) is 18.5 Å². The van der Waals surface area contributed by atoms with E-state index in [9.17, 15) is 9.18 Å². The monoisotopic (exact) mass is 258 g/mol. The lowest BCUT2D eigenvalue weighted by Gasteiger charge is -2.26. The number of carbonyl (C=O) groups is 1. The molecule has 1 aromatic heterocycles. The zero-order chi connectivity index (χ0) is 13.9. The molecule has 3 nitrogen and oxygen atoms in total. The van der Waals surface area contributed by atoms with Crippen LogP contribution in [0.25, 0.3) is 0 Å². The number of rotatable bonds is 3. The third kappa shape index (κ3) is 3.16. The van der Waals surface area contributed by atoms with Gasteiger partial charge in [0.25, 0.3) is 5.91 Å². The van der Waals surface area contributed by atoms with Crippen LogP contribution in [-0.2, 0) is 5.54 Å². The maximum atomic E-state index is 13.1. The molecule has 1 aromatic carbocycles. The van der Waals surface area contributed by atoms with Gasteiger partial charge in [0.2, 0.25) is 0 Å². The maximum absolute atomic E-state index is 13.1. The highest BCUT2D eigenvalue weighted by Gasteiger charge is 2.23. The van der Waals surface area contributed by atoms with Crippen LogP contribution in [0.1, 0.15) is 29.8 Å². The van der Waals surface area contributed by atoms with Crippen LogP contribution >= 0.6 is 0 Å². The molecule has 0 bridgehead atoms. The van der Waals surface area contributed by atoms with Crippen LogP contribution in [0.4, 0.5) is 4.39 Å². The van der Waals surface area contributed by atoms with Crippen molar-refractivity contribution in [3.8, 4) is 0 Å². The average Bonchev–Trinajstić information content (AvgIpc) is 2.39. The Morgan fingerprint density at radius 3 is 2.53 bits per heavy atom. The summed E-state index contributed by atoms with van der Waals surface area (Å²) < 4.78 is 13.1. The number of hydrogen-bond acceptors (Lipinski definition) is 2. The summed E-state index contributed by atoms with van der Waals surface area (Å²) in [6.07, 6.45) is 3.34. The number of benzene rings is 1. The highest BCUT2D eigenvalue weighted by molar-refractivity contribution is 5.94. The van der Waals surface area contributed by atoms with Crippen LogP contribution in [0.2, 0.25) is 0 Å². The molecular weight excluding hydrogens is 243 g/mol. The Bertz CT molecular complexity index is 582. The van der Waals surface area contributed by atoms with Gasteiger partial charge >= 0.3 is 0 Å². The van der Waals surface area contributed by atoms with E-state index in [1.807, 2.05) is 26.0 Å². The molecule has 1 N–H and O–H groups in total. The molecule has 2 aromatic rings. The maximum Gasteiger partial charge on any atom is 0.252 e. The van der Waals surface area contributed by atoms with Gasteiger partial charge in [0.05, 0.1) is 5.54 Å². The first-order chi connectivity index (χ1) is 8.99. The van der Waals surface area contributed by atoms with Gasteiger partial charge in [-0.15, -0.1) is 0 Å². The van der Waals surface area contributed by atoms with Crippen LogP contribution in [0.15, 0.2) is 48.8 Å². The van der Waals surface area contributed by atoms with Crippen LogP contribution < -0.4 is 5.32 Å². The third-order valence-corrected chi connectivity index (χ3v) is 2.91. The summed E-state index contributed by atoms with van der Waals surface area (Å²) in [4.78, 5) is 16.0. The van der Waals surface area contributed by atoms with Crippen molar-refractivity contribution in [1.29, 1.82) is 0 Å². The Morgan fingerprint density at radius 1 is 1.21 bits per heavy atom. The topological polar surface area (TPSA) is 42.0 Å². The first-order valence-corrected chi connectivity index (χ1v) is 5.97. The van der Waals surface area contributed by atoms with Crippen molar-refractivity contribution < 1.29 is 9.18 Å². The lowest BCUT2D eigenvalue weighted by Crippen LogP contribution is -2.41. The lowest BCUT2D eigenvalue weighted by molar-refractivity contribution is 0.0911. The van der Waals surface area contributed by atoms with E-state index in [1.165, 1.54) is 18.2 Å². The number of halogens is 1. The summed E-state index contributed by atoms with van der Waals surface area (Å²) in [6, 6.07) is 9.31. The fourth-order valence-corrected chi connectivity index (χ4v) is 1.83. The Hall–Kier alpha value is -2.23. The second-order valence-electron chi connectivity index (χ2n) is 4.83. The van der Waals surface area contributed by atoms with Crippen molar-refractivity contribution in [3.63, 3.8) is 0 Å². The largest absolute Gasteiger partial charge is 0.343 e. The van der Waals surface area contributed by atoms with Gasteiger partial charge in [-0.3, -0.25) is 9.78 Å². The van der Waals surface area contributed by atoms with E-state index in [0.717, 1.165) is 5.56 Å². The normalized spacial score (nSPS) is 11.1. The molecule has 1 amide bonds. The first-order valence-electron chi connectivity index (χ1n) is 5.97. The average molecular weight is 258 g/mol. The Kier molecular flexibility index (Phi) is 3.60. The molecule has 0 radical (unpaired) electrons. The van der Waals surface area contributed by atoms with Gasteiger partial charge in [0, 0.05) is 18.0 Å². The number of amides is 1. The molecule has 0 aliphatic heterocycles. The number of hydrogen-bond donors (Lipinski definition) is 1. The smallest absolute Gasteiger partial charge is 0.252 e. The fourth-order valence-electron chi connectivity index (χ4n) is 1.83. The quantitative estimate of drug-likeness (QED) is 0.919. The highest BCUT2D eigenvalue weighted by Crippen LogP contribution is 2.19. The number of nitrogens with one attached hydrogen (secondary N) is 1. The minimum atomic E-state index is -0.549. The Labute approximate surface area is 111 Å². The predicted molar refractivity (Wildman–Crippen MR) is 71.1 cm³/mol. The fraction of sp³-hybridized carbons (Fsp3) is 0.200. The molecule has 98 valence electrons. The zero-order valence-corrected chi connectivity index (χ0v) is 10.9. The Morgan fingerprint density at radius 2 is 1.89 bits per heavy atom. The van der Waals surface area contributed by atoms with Crippen molar-refractivity contribution in [2.45, 2.75) is 19.4 Å². The molecule has 0 unspecified atom stereocenters. The van der Waals surface area contributed by atoms with Gasteiger partial charge in [-0.05, 0) is 49.7 Å². The molecule has 2 rings (SSSR count). The Balaban J connectivity index is 2.19. The summed E-state index contributed by atoms with van der Waals surface area (Å²) >= 11 is 0. The molecule has 0 saturated carbocycles. The molecule has 0 aliphatic carbocycles. The minimum Gasteiger partial charge on any atom is -0.343 e. The van der Waals surface area contributed by atoms with Gasteiger partial charge < -0.3 is 5.32 Å². The molecule has 0 spiro atoms. The molecule has 1 heterocycles. The third-order valence-electron chi connectivity index (χ3n) is 2.91. The molecular formula is C15H15FN2O. The van der Waals surface area contributed by atoms with E-state index in [4.69, 9.17) is 0 Å². The summed E-state index contributed by atoms with van der Waals surface area (Å²) in [5, 5.41) is 2.88. The lowest BCUT2D eigenvalue weighted by atomic mass is 9.95. The molecule has 19 heavy (non-hydrogen) atoms. The molecule has 0 fully saturated rings. The first kappa shape index (κ1) is 13.2. The van der Waals surface area contributed by atoms with Crippen LogP contribution in [0.5, 0.6) is 0 Å².